The Morgan fingerprint density at radius 3 is 3.13 bits per heavy atom. The van der Waals surface area contributed by atoms with Crippen LogP contribution in [0.3, 0.4) is 0 Å². The molecule has 0 N–H and O–H groups in total. The third-order valence-electron chi connectivity index (χ3n) is 5.22. The first-order chi connectivity index (χ1) is 14.6. The van der Waals surface area contributed by atoms with E-state index in [1.54, 1.807) is 40.4 Å². The largest absolute Gasteiger partial charge is 0.459 e. The van der Waals surface area contributed by atoms with Crippen LogP contribution in [-0.2, 0) is 25.1 Å². The number of hydrogen-bond donors (Lipinski definition) is 0. The van der Waals surface area contributed by atoms with Crippen molar-refractivity contribution in [3.05, 3.63) is 57.7 Å². The van der Waals surface area contributed by atoms with Crippen LogP contribution < -0.4 is 5.56 Å². The van der Waals surface area contributed by atoms with E-state index in [1.165, 1.54) is 22.2 Å². The second-order valence-electron chi connectivity index (χ2n) is 7.41. The van der Waals surface area contributed by atoms with Gasteiger partial charge >= 0.3 is 0 Å². The van der Waals surface area contributed by atoms with Gasteiger partial charge in [0.2, 0.25) is 0 Å². The molecule has 5 rings (SSSR count). The van der Waals surface area contributed by atoms with Gasteiger partial charge in [-0.15, -0.1) is 17.9 Å². The number of aromatic nitrogens is 4. The molecule has 0 fully saturated rings. The molecule has 154 valence electrons. The number of nitrogens with zero attached hydrogens (tertiary/aromatic N) is 4. The molecule has 7 nitrogen and oxygen atoms in total. The maximum absolute atomic E-state index is 13.3. The Hall–Kier alpha value is -2.65. The molecule has 0 aliphatic heterocycles. The van der Waals surface area contributed by atoms with Crippen molar-refractivity contribution in [3.63, 3.8) is 0 Å². The monoisotopic (exact) mass is 440 g/mol. The molecule has 0 aromatic carbocycles. The lowest BCUT2D eigenvalue weighted by molar-refractivity contribution is 0.411. The normalized spacial score (nSPS) is 16.1. The van der Waals surface area contributed by atoms with Gasteiger partial charge in [0.15, 0.2) is 16.7 Å². The van der Waals surface area contributed by atoms with Gasteiger partial charge in [0, 0.05) is 11.4 Å². The molecule has 1 atom stereocenters. The van der Waals surface area contributed by atoms with Crippen molar-refractivity contribution in [2.45, 2.75) is 43.6 Å². The third-order valence-corrected chi connectivity index (χ3v) is 7.34. The maximum atomic E-state index is 13.3. The van der Waals surface area contributed by atoms with Crippen LogP contribution in [0.4, 0.5) is 0 Å². The molecule has 0 saturated heterocycles. The summed E-state index contributed by atoms with van der Waals surface area (Å²) in [4.78, 5) is 24.7. The van der Waals surface area contributed by atoms with Crippen LogP contribution in [-0.4, -0.2) is 19.7 Å². The van der Waals surface area contributed by atoms with Crippen LogP contribution in [0.1, 0.15) is 29.6 Å². The van der Waals surface area contributed by atoms with E-state index >= 15 is 0 Å². The smallest absolute Gasteiger partial charge is 0.293 e. The van der Waals surface area contributed by atoms with E-state index in [4.69, 9.17) is 13.9 Å². The van der Waals surface area contributed by atoms with Crippen LogP contribution in [0.5, 0.6) is 0 Å². The average Bonchev–Trinajstić information content (AvgIpc) is 3.47. The SMILES string of the molecule is C=CCn1c(SCc2noc(-c3ccco3)n2)nc2sc3c(c2c1=O)CC[C@@H](C)C3. The van der Waals surface area contributed by atoms with Gasteiger partial charge < -0.3 is 8.94 Å². The number of rotatable bonds is 6. The minimum atomic E-state index is 0.0128. The zero-order valence-electron chi connectivity index (χ0n) is 16.5. The van der Waals surface area contributed by atoms with Crippen LogP contribution >= 0.6 is 23.1 Å². The Kier molecular flexibility index (Phi) is 5.08. The lowest BCUT2D eigenvalue weighted by Crippen LogP contribution is -2.23. The summed E-state index contributed by atoms with van der Waals surface area (Å²) in [5, 5.41) is 5.44. The second kappa shape index (κ2) is 7.88. The molecule has 0 spiro atoms. The average molecular weight is 441 g/mol. The number of hydrogen-bond acceptors (Lipinski definition) is 8. The first kappa shape index (κ1) is 19.3. The van der Waals surface area contributed by atoms with Crippen molar-refractivity contribution < 1.29 is 8.94 Å². The number of fused-ring (bicyclic) bond motifs is 3. The summed E-state index contributed by atoms with van der Waals surface area (Å²) in [7, 11) is 0. The zero-order chi connectivity index (χ0) is 20.7. The topological polar surface area (TPSA) is 86.9 Å². The van der Waals surface area contributed by atoms with Gasteiger partial charge in [0.05, 0.1) is 17.4 Å². The molecule has 1 aliphatic carbocycles. The van der Waals surface area contributed by atoms with Crippen molar-refractivity contribution in [1.82, 2.24) is 19.7 Å². The number of thiophene rings is 1. The summed E-state index contributed by atoms with van der Waals surface area (Å²) < 4.78 is 12.2. The Morgan fingerprint density at radius 2 is 2.33 bits per heavy atom. The molecule has 9 heteroatoms. The number of aryl methyl sites for hydroxylation is 1. The van der Waals surface area contributed by atoms with Gasteiger partial charge in [-0.2, -0.15) is 4.98 Å². The Morgan fingerprint density at radius 1 is 1.43 bits per heavy atom. The van der Waals surface area contributed by atoms with Crippen molar-refractivity contribution >= 4 is 33.3 Å². The van der Waals surface area contributed by atoms with Crippen LogP contribution in [0.25, 0.3) is 21.9 Å². The van der Waals surface area contributed by atoms with Crippen LogP contribution in [0.15, 0.2) is 49.9 Å². The summed E-state index contributed by atoms with van der Waals surface area (Å²) >= 11 is 3.08. The molecule has 4 aromatic rings. The van der Waals surface area contributed by atoms with Gasteiger partial charge in [0.25, 0.3) is 11.4 Å². The molecule has 0 unspecified atom stereocenters. The molecule has 30 heavy (non-hydrogen) atoms. The molecular weight excluding hydrogens is 420 g/mol. The van der Waals surface area contributed by atoms with Crippen molar-refractivity contribution in [2.75, 3.05) is 0 Å². The van der Waals surface area contributed by atoms with Crippen molar-refractivity contribution in [1.29, 1.82) is 0 Å². The fourth-order valence-electron chi connectivity index (χ4n) is 3.75. The first-order valence-corrected chi connectivity index (χ1v) is 11.6. The molecule has 0 bridgehead atoms. The highest BCUT2D eigenvalue weighted by atomic mass is 32.2. The van der Waals surface area contributed by atoms with Crippen LogP contribution in [0, 0.1) is 5.92 Å². The van der Waals surface area contributed by atoms with Gasteiger partial charge in [0.1, 0.15) is 4.83 Å². The highest BCUT2D eigenvalue weighted by molar-refractivity contribution is 7.98. The van der Waals surface area contributed by atoms with Gasteiger partial charge in [-0.1, -0.05) is 29.9 Å². The van der Waals surface area contributed by atoms with E-state index in [9.17, 15) is 4.79 Å². The highest BCUT2D eigenvalue weighted by Gasteiger charge is 2.24. The van der Waals surface area contributed by atoms with E-state index < -0.39 is 0 Å². The molecule has 0 saturated carbocycles. The predicted octanol–water partition coefficient (Wildman–Crippen LogP) is 4.70. The summed E-state index contributed by atoms with van der Waals surface area (Å²) in [5.74, 6) is 2.46. The summed E-state index contributed by atoms with van der Waals surface area (Å²) in [6, 6.07) is 3.53. The molecule has 4 aromatic heterocycles. The Balaban J connectivity index is 1.48. The number of thioether (sulfide) groups is 1. The zero-order valence-corrected chi connectivity index (χ0v) is 18.1. The Labute approximate surface area is 180 Å². The number of allylic oxidation sites excluding steroid dienone is 1. The fraction of sp³-hybridized carbons (Fsp3) is 0.333. The minimum Gasteiger partial charge on any atom is -0.459 e. The summed E-state index contributed by atoms with van der Waals surface area (Å²) in [6.45, 7) is 6.48. The van der Waals surface area contributed by atoms with Gasteiger partial charge in [-0.05, 0) is 42.9 Å². The lowest BCUT2D eigenvalue weighted by Gasteiger charge is -2.17. The maximum Gasteiger partial charge on any atom is 0.293 e. The molecule has 1 aliphatic rings. The summed E-state index contributed by atoms with van der Waals surface area (Å²) in [5.41, 5.74) is 1.21. The van der Waals surface area contributed by atoms with E-state index in [1.807, 2.05) is 0 Å². The van der Waals surface area contributed by atoms with E-state index in [-0.39, 0.29) is 5.56 Å². The quantitative estimate of drug-likeness (QED) is 0.244. The van der Waals surface area contributed by atoms with E-state index in [0.717, 1.165) is 29.5 Å². The second-order valence-corrected chi connectivity index (χ2v) is 9.44. The molecule has 0 radical (unpaired) electrons. The van der Waals surface area contributed by atoms with Crippen LogP contribution in [0.2, 0.25) is 0 Å². The van der Waals surface area contributed by atoms with Crippen molar-refractivity contribution in [2.24, 2.45) is 5.92 Å². The fourth-order valence-corrected chi connectivity index (χ4v) is 6.02. The highest BCUT2D eigenvalue weighted by Crippen LogP contribution is 2.36. The van der Waals surface area contributed by atoms with Gasteiger partial charge in [-0.3, -0.25) is 9.36 Å². The molecular formula is C21H20N4O3S2. The Bertz CT molecular complexity index is 1270. The standard InChI is InChI=1S/C21H20N4O3S2/c1-3-8-25-20(26)17-13-7-6-12(2)10-15(13)30-19(17)23-21(25)29-11-16-22-18(28-24-16)14-5-4-9-27-14/h3-5,9,12H,1,6-8,10-11H2,2H3/t12-/m1/s1. The van der Waals surface area contributed by atoms with E-state index in [2.05, 4.69) is 23.6 Å². The minimum absolute atomic E-state index is 0.0128. The molecule has 4 heterocycles. The predicted molar refractivity (Wildman–Crippen MR) is 117 cm³/mol. The van der Waals surface area contributed by atoms with Gasteiger partial charge in [-0.25, -0.2) is 4.98 Å². The molecule has 0 amide bonds. The third kappa shape index (κ3) is 3.41. The van der Waals surface area contributed by atoms with E-state index in [0.29, 0.717) is 40.8 Å². The number of furan rings is 1. The lowest BCUT2D eigenvalue weighted by atomic mass is 9.89. The first-order valence-electron chi connectivity index (χ1n) is 9.79. The summed E-state index contributed by atoms with van der Waals surface area (Å²) in [6.07, 6.45) is 6.38. The van der Waals surface area contributed by atoms with Crippen molar-refractivity contribution in [3.8, 4) is 11.7 Å².